The number of hydrogen-bond donors (Lipinski definition) is 1. The Morgan fingerprint density at radius 1 is 1.08 bits per heavy atom. The molecule has 3 aliphatic heterocycles. The van der Waals surface area contributed by atoms with Gasteiger partial charge in [-0.3, -0.25) is 9.69 Å². The van der Waals surface area contributed by atoms with Crippen molar-refractivity contribution in [3.63, 3.8) is 0 Å². The summed E-state index contributed by atoms with van der Waals surface area (Å²) in [7, 11) is 0. The highest BCUT2D eigenvalue weighted by molar-refractivity contribution is 6.04. The van der Waals surface area contributed by atoms with Crippen LogP contribution in [0.15, 0.2) is 18.2 Å². The number of nitrogens with one attached hydrogen (secondary N) is 1. The summed E-state index contributed by atoms with van der Waals surface area (Å²) >= 11 is 0. The predicted octanol–water partition coefficient (Wildman–Crippen LogP) is 1.69. The Morgan fingerprint density at radius 2 is 1.88 bits per heavy atom. The van der Waals surface area contributed by atoms with Crippen molar-refractivity contribution in [2.75, 3.05) is 26.4 Å². The summed E-state index contributed by atoms with van der Waals surface area (Å²) < 4.78 is 16.8. The van der Waals surface area contributed by atoms with Gasteiger partial charge in [-0.1, -0.05) is 12.1 Å². The molecule has 2 saturated heterocycles. The smallest absolute Gasteiger partial charge is 0.325 e. The Labute approximate surface area is 146 Å². The van der Waals surface area contributed by atoms with E-state index in [0.717, 1.165) is 24.8 Å². The molecule has 1 atom stereocenters. The highest BCUT2D eigenvalue weighted by atomic mass is 16.5. The van der Waals surface area contributed by atoms with Crippen LogP contribution in [-0.2, 0) is 16.1 Å². The monoisotopic (exact) mass is 346 g/mol. The van der Waals surface area contributed by atoms with Crippen molar-refractivity contribution in [1.82, 2.24) is 10.2 Å². The molecule has 7 heteroatoms. The molecule has 4 rings (SSSR count). The number of carbonyl (C=O) groups excluding carboxylic acids is 2. The number of imide groups is 1. The van der Waals surface area contributed by atoms with Gasteiger partial charge in [-0.2, -0.15) is 0 Å². The maximum atomic E-state index is 12.8. The number of amides is 3. The molecular weight excluding hydrogens is 324 g/mol. The van der Waals surface area contributed by atoms with Crippen molar-refractivity contribution >= 4 is 11.9 Å². The average molecular weight is 346 g/mol. The van der Waals surface area contributed by atoms with E-state index in [1.807, 2.05) is 18.2 Å². The lowest BCUT2D eigenvalue weighted by Crippen LogP contribution is -2.40. The van der Waals surface area contributed by atoms with E-state index < -0.39 is 6.04 Å². The van der Waals surface area contributed by atoms with E-state index in [9.17, 15) is 9.59 Å². The fraction of sp³-hybridized carbons (Fsp3) is 0.556. The van der Waals surface area contributed by atoms with Crippen molar-refractivity contribution in [2.24, 2.45) is 5.92 Å². The summed E-state index contributed by atoms with van der Waals surface area (Å²) in [4.78, 5) is 26.4. The molecular formula is C18H22N2O5. The molecule has 0 bridgehead atoms. The van der Waals surface area contributed by atoms with Crippen molar-refractivity contribution in [2.45, 2.75) is 31.8 Å². The zero-order valence-corrected chi connectivity index (χ0v) is 14.0. The zero-order valence-electron chi connectivity index (χ0n) is 14.0. The maximum absolute atomic E-state index is 12.8. The third-order valence-corrected chi connectivity index (χ3v) is 4.98. The van der Waals surface area contributed by atoms with E-state index in [2.05, 4.69) is 5.32 Å². The van der Waals surface area contributed by atoms with Crippen LogP contribution in [0, 0.1) is 5.92 Å². The Bertz CT molecular complexity index is 671. The van der Waals surface area contributed by atoms with Crippen LogP contribution in [0.3, 0.4) is 0 Å². The van der Waals surface area contributed by atoms with Gasteiger partial charge in [0.25, 0.3) is 5.91 Å². The van der Waals surface area contributed by atoms with Gasteiger partial charge in [-0.15, -0.1) is 0 Å². The standard InChI is InChI=1S/C18H22N2O5/c21-17-15(12-5-9-23-10-6-12)19-18(22)20(17)11-13-3-1-4-14-16(13)25-8-2-7-24-14/h1,3-4,12,15H,2,5-11H2,(H,19,22). The van der Waals surface area contributed by atoms with Gasteiger partial charge in [-0.25, -0.2) is 4.79 Å². The minimum atomic E-state index is -0.448. The molecule has 0 saturated carbocycles. The molecule has 3 amide bonds. The highest BCUT2D eigenvalue weighted by Crippen LogP contribution is 2.35. The quantitative estimate of drug-likeness (QED) is 0.843. The number of para-hydroxylation sites is 1. The Kier molecular flexibility index (Phi) is 4.48. The number of nitrogens with zero attached hydrogens (tertiary/aromatic N) is 1. The minimum Gasteiger partial charge on any atom is -0.490 e. The van der Waals surface area contributed by atoms with Crippen LogP contribution < -0.4 is 14.8 Å². The minimum absolute atomic E-state index is 0.141. The highest BCUT2D eigenvalue weighted by Gasteiger charge is 2.43. The summed E-state index contributed by atoms with van der Waals surface area (Å²) in [5.74, 6) is 1.28. The van der Waals surface area contributed by atoms with Gasteiger partial charge in [-0.05, 0) is 24.8 Å². The SMILES string of the molecule is O=C1NC(C2CCOCC2)C(=O)N1Cc1cccc2c1OCCCO2. The van der Waals surface area contributed by atoms with Crippen LogP contribution in [0.4, 0.5) is 4.79 Å². The van der Waals surface area contributed by atoms with E-state index in [1.54, 1.807) is 0 Å². The number of hydrogen-bond acceptors (Lipinski definition) is 5. The van der Waals surface area contributed by atoms with Gasteiger partial charge in [0, 0.05) is 25.2 Å². The van der Waals surface area contributed by atoms with Gasteiger partial charge in [0.1, 0.15) is 6.04 Å². The van der Waals surface area contributed by atoms with Crippen LogP contribution in [0.25, 0.3) is 0 Å². The van der Waals surface area contributed by atoms with E-state index in [0.29, 0.717) is 37.9 Å². The summed E-state index contributed by atoms with van der Waals surface area (Å²) in [6, 6.07) is 4.79. The van der Waals surface area contributed by atoms with Gasteiger partial charge in [0.2, 0.25) is 0 Å². The van der Waals surface area contributed by atoms with Crippen LogP contribution in [0.1, 0.15) is 24.8 Å². The van der Waals surface area contributed by atoms with Gasteiger partial charge in [0.05, 0.1) is 19.8 Å². The van der Waals surface area contributed by atoms with Crippen molar-refractivity contribution in [3.05, 3.63) is 23.8 Å². The molecule has 1 unspecified atom stereocenters. The van der Waals surface area contributed by atoms with Gasteiger partial charge < -0.3 is 19.5 Å². The Hall–Kier alpha value is -2.28. The predicted molar refractivity (Wildman–Crippen MR) is 88.5 cm³/mol. The first kappa shape index (κ1) is 16.2. The maximum Gasteiger partial charge on any atom is 0.325 e. The third-order valence-electron chi connectivity index (χ3n) is 4.98. The molecule has 3 heterocycles. The van der Waals surface area contributed by atoms with Crippen LogP contribution in [0.2, 0.25) is 0 Å². The first-order valence-corrected chi connectivity index (χ1v) is 8.81. The number of rotatable bonds is 3. The summed E-state index contributed by atoms with van der Waals surface area (Å²) in [6.45, 7) is 2.64. The molecule has 25 heavy (non-hydrogen) atoms. The second kappa shape index (κ2) is 6.92. The first-order chi connectivity index (χ1) is 12.2. The molecule has 1 aromatic carbocycles. The van der Waals surface area contributed by atoms with Crippen molar-refractivity contribution in [1.29, 1.82) is 0 Å². The summed E-state index contributed by atoms with van der Waals surface area (Å²) in [5, 5.41) is 2.85. The van der Waals surface area contributed by atoms with Crippen molar-refractivity contribution in [3.8, 4) is 11.5 Å². The van der Waals surface area contributed by atoms with Crippen LogP contribution in [-0.4, -0.2) is 49.3 Å². The number of fused-ring (bicyclic) bond motifs is 1. The second-order valence-corrected chi connectivity index (χ2v) is 6.60. The fourth-order valence-corrected chi connectivity index (χ4v) is 3.61. The lowest BCUT2D eigenvalue weighted by atomic mass is 9.92. The largest absolute Gasteiger partial charge is 0.490 e. The van der Waals surface area contributed by atoms with Crippen molar-refractivity contribution < 1.29 is 23.8 Å². The lowest BCUT2D eigenvalue weighted by molar-refractivity contribution is -0.129. The number of urea groups is 1. The molecule has 1 aromatic rings. The molecule has 7 nitrogen and oxygen atoms in total. The molecule has 0 aromatic heterocycles. The molecule has 3 aliphatic rings. The van der Waals surface area contributed by atoms with E-state index in [4.69, 9.17) is 14.2 Å². The lowest BCUT2D eigenvalue weighted by Gasteiger charge is -2.25. The molecule has 0 aliphatic carbocycles. The third kappa shape index (κ3) is 3.16. The molecule has 0 spiro atoms. The molecule has 1 N–H and O–H groups in total. The van der Waals surface area contributed by atoms with Gasteiger partial charge >= 0.3 is 6.03 Å². The fourth-order valence-electron chi connectivity index (χ4n) is 3.61. The Balaban J connectivity index is 1.53. The molecule has 134 valence electrons. The average Bonchev–Trinajstić information content (AvgIpc) is 2.82. The van der Waals surface area contributed by atoms with Gasteiger partial charge in [0.15, 0.2) is 11.5 Å². The summed E-state index contributed by atoms with van der Waals surface area (Å²) in [6.07, 6.45) is 2.40. The molecule has 0 radical (unpaired) electrons. The van der Waals surface area contributed by atoms with Crippen LogP contribution >= 0.6 is 0 Å². The Morgan fingerprint density at radius 3 is 2.72 bits per heavy atom. The first-order valence-electron chi connectivity index (χ1n) is 8.81. The summed E-state index contributed by atoms with van der Waals surface area (Å²) in [5.41, 5.74) is 0.788. The van der Waals surface area contributed by atoms with E-state index in [-0.39, 0.29) is 24.4 Å². The van der Waals surface area contributed by atoms with E-state index in [1.165, 1.54) is 4.90 Å². The topological polar surface area (TPSA) is 77.1 Å². The number of ether oxygens (including phenoxy) is 3. The number of benzene rings is 1. The number of carbonyl (C=O) groups is 2. The van der Waals surface area contributed by atoms with E-state index >= 15 is 0 Å². The zero-order chi connectivity index (χ0) is 17.2. The normalized spacial score (nSPS) is 24.2. The molecule has 2 fully saturated rings. The van der Waals surface area contributed by atoms with Crippen LogP contribution in [0.5, 0.6) is 11.5 Å². The second-order valence-electron chi connectivity index (χ2n) is 6.60.